The van der Waals surface area contributed by atoms with Crippen LogP contribution in [0.3, 0.4) is 0 Å². The van der Waals surface area contributed by atoms with E-state index in [9.17, 15) is 4.79 Å². The van der Waals surface area contributed by atoms with Crippen LogP contribution in [-0.2, 0) is 9.53 Å². The Morgan fingerprint density at radius 2 is 2.06 bits per heavy atom. The number of nitrogens with one attached hydrogen (secondary N) is 1. The summed E-state index contributed by atoms with van der Waals surface area (Å²) >= 11 is 0. The molecule has 3 nitrogen and oxygen atoms in total. The van der Waals surface area contributed by atoms with Crippen molar-refractivity contribution in [2.45, 2.75) is 27.7 Å². The molecule has 1 amide bonds. The molecule has 1 aliphatic carbocycles. The molecule has 0 aromatic carbocycles. The smallest absolute Gasteiger partial charge is 0.224 e. The highest BCUT2D eigenvalue weighted by Crippen LogP contribution is 2.59. The molecule has 2 atom stereocenters. The van der Waals surface area contributed by atoms with Crippen molar-refractivity contribution < 1.29 is 9.53 Å². The summed E-state index contributed by atoms with van der Waals surface area (Å²) in [5.74, 6) is 0.670. The van der Waals surface area contributed by atoms with Crippen LogP contribution in [0.25, 0.3) is 0 Å². The first-order valence-electron chi connectivity index (χ1n) is 5.83. The van der Waals surface area contributed by atoms with Gasteiger partial charge in [0.25, 0.3) is 0 Å². The summed E-state index contributed by atoms with van der Waals surface area (Å²) in [6.07, 6.45) is 2.21. The predicted molar refractivity (Wildman–Crippen MR) is 65.1 cm³/mol. The van der Waals surface area contributed by atoms with E-state index in [-0.39, 0.29) is 17.2 Å². The van der Waals surface area contributed by atoms with Crippen LogP contribution < -0.4 is 5.32 Å². The molecule has 1 saturated carbocycles. The lowest BCUT2D eigenvalue weighted by molar-refractivity contribution is -0.123. The lowest BCUT2D eigenvalue weighted by Gasteiger charge is -2.04. The summed E-state index contributed by atoms with van der Waals surface area (Å²) < 4.78 is 4.91. The van der Waals surface area contributed by atoms with Crippen LogP contribution >= 0.6 is 0 Å². The third-order valence-corrected chi connectivity index (χ3v) is 3.31. The number of rotatable bonds is 5. The molecule has 1 fully saturated rings. The van der Waals surface area contributed by atoms with Gasteiger partial charge >= 0.3 is 0 Å². The second-order valence-electron chi connectivity index (χ2n) is 5.35. The maximum atomic E-state index is 11.9. The summed E-state index contributed by atoms with van der Waals surface area (Å²) in [5, 5.41) is 2.91. The predicted octanol–water partition coefficient (Wildman–Crippen LogP) is 1.99. The van der Waals surface area contributed by atoms with Crippen LogP contribution in [0.1, 0.15) is 27.7 Å². The SMILES string of the molecule is COCCNC(=O)[C@H]1[C@H](C=C(C)C)C1(C)C. The minimum atomic E-state index is 0.106. The highest BCUT2D eigenvalue weighted by Gasteiger charge is 2.60. The van der Waals surface area contributed by atoms with E-state index in [0.29, 0.717) is 19.1 Å². The van der Waals surface area contributed by atoms with Crippen LogP contribution in [-0.4, -0.2) is 26.2 Å². The second-order valence-corrected chi connectivity index (χ2v) is 5.35. The van der Waals surface area contributed by atoms with Crippen molar-refractivity contribution in [3.8, 4) is 0 Å². The summed E-state index contributed by atoms with van der Waals surface area (Å²) in [7, 11) is 1.64. The molecular formula is C13H23NO2. The molecule has 92 valence electrons. The van der Waals surface area contributed by atoms with Gasteiger partial charge in [0.2, 0.25) is 5.91 Å². The fourth-order valence-corrected chi connectivity index (χ4v) is 2.23. The molecule has 0 heterocycles. The quantitative estimate of drug-likeness (QED) is 0.574. The van der Waals surface area contributed by atoms with Gasteiger partial charge in [-0.25, -0.2) is 0 Å². The molecule has 0 spiro atoms. The maximum Gasteiger partial charge on any atom is 0.224 e. The Labute approximate surface area is 98.2 Å². The van der Waals surface area contributed by atoms with Crippen molar-refractivity contribution in [2.24, 2.45) is 17.3 Å². The van der Waals surface area contributed by atoms with Gasteiger partial charge in [-0.1, -0.05) is 25.5 Å². The van der Waals surface area contributed by atoms with Gasteiger partial charge in [-0.3, -0.25) is 4.79 Å². The fourth-order valence-electron chi connectivity index (χ4n) is 2.23. The zero-order valence-corrected chi connectivity index (χ0v) is 11.0. The van der Waals surface area contributed by atoms with E-state index in [4.69, 9.17) is 4.74 Å². The number of carbonyl (C=O) groups excluding carboxylic acids is 1. The minimum Gasteiger partial charge on any atom is -0.383 e. The molecule has 0 aromatic rings. The van der Waals surface area contributed by atoms with Crippen LogP contribution in [0, 0.1) is 17.3 Å². The van der Waals surface area contributed by atoms with Crippen molar-refractivity contribution in [3.63, 3.8) is 0 Å². The average molecular weight is 225 g/mol. The average Bonchev–Trinajstić information content (AvgIpc) is 2.67. The first kappa shape index (κ1) is 13.2. The van der Waals surface area contributed by atoms with Gasteiger partial charge in [-0.2, -0.15) is 0 Å². The second kappa shape index (κ2) is 5.00. The highest BCUT2D eigenvalue weighted by atomic mass is 16.5. The Morgan fingerprint density at radius 3 is 2.56 bits per heavy atom. The molecule has 0 radical (unpaired) electrons. The summed E-state index contributed by atoms with van der Waals surface area (Å²) in [6, 6.07) is 0. The van der Waals surface area contributed by atoms with Gasteiger partial charge < -0.3 is 10.1 Å². The van der Waals surface area contributed by atoms with Gasteiger partial charge in [0.15, 0.2) is 0 Å². The molecule has 0 aliphatic heterocycles. The lowest BCUT2D eigenvalue weighted by Crippen LogP contribution is -2.29. The van der Waals surface area contributed by atoms with Crippen LogP contribution in [0.5, 0.6) is 0 Å². The summed E-state index contributed by atoms with van der Waals surface area (Å²) in [6.45, 7) is 9.63. The summed E-state index contributed by atoms with van der Waals surface area (Å²) in [5.41, 5.74) is 1.39. The van der Waals surface area contributed by atoms with E-state index in [0.717, 1.165) is 0 Å². The molecule has 3 heteroatoms. The maximum absolute atomic E-state index is 11.9. The fraction of sp³-hybridized carbons (Fsp3) is 0.769. The van der Waals surface area contributed by atoms with Crippen molar-refractivity contribution in [2.75, 3.05) is 20.3 Å². The Kier molecular flexibility index (Phi) is 4.14. The number of amides is 1. The molecule has 16 heavy (non-hydrogen) atoms. The lowest BCUT2D eigenvalue weighted by atomic mass is 10.1. The monoisotopic (exact) mass is 225 g/mol. The van der Waals surface area contributed by atoms with Gasteiger partial charge in [0.1, 0.15) is 0 Å². The first-order valence-corrected chi connectivity index (χ1v) is 5.83. The minimum absolute atomic E-state index is 0.106. The van der Waals surface area contributed by atoms with Crippen LogP contribution in [0.15, 0.2) is 11.6 Å². The number of carbonyl (C=O) groups is 1. The van der Waals surface area contributed by atoms with Crippen molar-refractivity contribution in [1.82, 2.24) is 5.32 Å². The van der Waals surface area contributed by atoms with E-state index in [1.54, 1.807) is 7.11 Å². The zero-order valence-electron chi connectivity index (χ0n) is 11.0. The molecule has 0 aromatic heterocycles. The number of hydrogen-bond acceptors (Lipinski definition) is 2. The van der Waals surface area contributed by atoms with Gasteiger partial charge in [-0.05, 0) is 25.2 Å². The van der Waals surface area contributed by atoms with Crippen molar-refractivity contribution in [3.05, 3.63) is 11.6 Å². The molecule has 1 N–H and O–H groups in total. The zero-order chi connectivity index (χ0) is 12.3. The van der Waals surface area contributed by atoms with E-state index in [1.165, 1.54) is 5.57 Å². The number of allylic oxidation sites excluding steroid dienone is 2. The number of methoxy groups -OCH3 is 1. The third-order valence-electron chi connectivity index (χ3n) is 3.31. The van der Waals surface area contributed by atoms with E-state index < -0.39 is 0 Å². The van der Waals surface area contributed by atoms with Gasteiger partial charge in [0.05, 0.1) is 12.5 Å². The standard InChI is InChI=1S/C13H23NO2/c1-9(2)8-10-11(13(10,3)4)12(15)14-6-7-16-5/h8,10-11H,6-7H2,1-5H3,(H,14,15)/t10-,11+/m0/s1. The molecule has 0 bridgehead atoms. The van der Waals surface area contributed by atoms with Crippen LogP contribution in [0.2, 0.25) is 0 Å². The Balaban J connectivity index is 2.49. The van der Waals surface area contributed by atoms with Crippen molar-refractivity contribution >= 4 is 5.91 Å². The highest BCUT2D eigenvalue weighted by molar-refractivity contribution is 5.83. The Morgan fingerprint density at radius 1 is 1.44 bits per heavy atom. The molecule has 1 aliphatic rings. The van der Waals surface area contributed by atoms with Gasteiger partial charge in [-0.15, -0.1) is 0 Å². The molecule has 1 rings (SSSR count). The molecule has 0 unspecified atom stereocenters. The normalized spacial score (nSPS) is 26.1. The number of hydrogen-bond donors (Lipinski definition) is 1. The van der Waals surface area contributed by atoms with E-state index in [2.05, 4.69) is 39.1 Å². The molecule has 0 saturated heterocycles. The Hall–Kier alpha value is -0.830. The Bertz CT molecular complexity index is 290. The van der Waals surface area contributed by atoms with Crippen molar-refractivity contribution in [1.29, 1.82) is 0 Å². The van der Waals surface area contributed by atoms with E-state index >= 15 is 0 Å². The van der Waals surface area contributed by atoms with E-state index in [1.807, 2.05) is 0 Å². The van der Waals surface area contributed by atoms with Gasteiger partial charge in [0, 0.05) is 13.7 Å². The molecular weight excluding hydrogens is 202 g/mol. The van der Waals surface area contributed by atoms with Crippen LogP contribution in [0.4, 0.5) is 0 Å². The largest absolute Gasteiger partial charge is 0.383 e. The topological polar surface area (TPSA) is 38.3 Å². The summed E-state index contributed by atoms with van der Waals surface area (Å²) in [4.78, 5) is 11.9. The number of ether oxygens (including phenoxy) is 1. The first-order chi connectivity index (χ1) is 7.41. The third kappa shape index (κ3) is 2.85.